The van der Waals surface area contributed by atoms with Crippen LogP contribution in [-0.2, 0) is 6.54 Å². The van der Waals surface area contributed by atoms with E-state index in [9.17, 15) is 9.90 Å². The normalized spacial score (nSPS) is 11.7. The second-order valence-corrected chi connectivity index (χ2v) is 6.31. The smallest absolute Gasteiger partial charge is 0.271 e. The van der Waals surface area contributed by atoms with Crippen molar-refractivity contribution in [1.29, 1.82) is 0 Å². The van der Waals surface area contributed by atoms with Crippen molar-refractivity contribution in [2.75, 3.05) is 13.1 Å². The molecule has 0 aliphatic carbocycles. The van der Waals surface area contributed by atoms with Gasteiger partial charge in [0.2, 0.25) is 0 Å². The highest BCUT2D eigenvalue weighted by molar-refractivity contribution is 6.01. The average Bonchev–Trinajstić information content (AvgIpc) is 2.65. The van der Waals surface area contributed by atoms with Gasteiger partial charge in [-0.1, -0.05) is 31.5 Å². The predicted molar refractivity (Wildman–Crippen MR) is 106 cm³/mol. The van der Waals surface area contributed by atoms with E-state index in [1.807, 2.05) is 32.0 Å². The summed E-state index contributed by atoms with van der Waals surface area (Å²) in [4.78, 5) is 14.4. The highest BCUT2D eigenvalue weighted by atomic mass is 16.3. The predicted octanol–water partition coefficient (Wildman–Crippen LogP) is 3.70. The minimum absolute atomic E-state index is 0.244. The molecule has 2 aromatic rings. The molecule has 138 valence electrons. The minimum atomic E-state index is -0.244. The molecule has 5 heteroatoms. The first-order valence-electron chi connectivity index (χ1n) is 8.90. The van der Waals surface area contributed by atoms with Gasteiger partial charge in [0.25, 0.3) is 5.91 Å². The number of phenolic OH excluding ortho intramolecular Hbond substituents is 1. The third-order valence-electron chi connectivity index (χ3n) is 4.42. The van der Waals surface area contributed by atoms with Crippen LogP contribution in [0.1, 0.15) is 47.8 Å². The van der Waals surface area contributed by atoms with Gasteiger partial charge in [0.05, 0.1) is 5.71 Å². The molecule has 0 saturated carbocycles. The first-order valence-corrected chi connectivity index (χ1v) is 8.90. The molecule has 1 amide bonds. The monoisotopic (exact) mass is 353 g/mol. The molecule has 0 fully saturated rings. The first-order chi connectivity index (χ1) is 12.4. The van der Waals surface area contributed by atoms with E-state index in [1.54, 1.807) is 24.3 Å². The summed E-state index contributed by atoms with van der Waals surface area (Å²) >= 11 is 0. The van der Waals surface area contributed by atoms with Crippen LogP contribution in [-0.4, -0.2) is 34.7 Å². The molecule has 0 aliphatic heterocycles. The molecular weight excluding hydrogens is 326 g/mol. The summed E-state index contributed by atoms with van der Waals surface area (Å²) in [5.41, 5.74) is 6.67. The minimum Gasteiger partial charge on any atom is -0.508 e. The Bertz CT molecular complexity index is 778. The Labute approximate surface area is 155 Å². The van der Waals surface area contributed by atoms with Gasteiger partial charge in [-0.25, -0.2) is 5.43 Å². The van der Waals surface area contributed by atoms with Crippen LogP contribution < -0.4 is 5.43 Å². The fraction of sp³-hybridized carbons (Fsp3) is 0.333. The molecule has 2 rings (SSSR count). The highest BCUT2D eigenvalue weighted by Crippen LogP contribution is 2.21. The van der Waals surface area contributed by atoms with E-state index in [4.69, 9.17) is 0 Å². The van der Waals surface area contributed by atoms with E-state index in [1.165, 1.54) is 0 Å². The lowest BCUT2D eigenvalue weighted by atomic mass is 10.1. The summed E-state index contributed by atoms with van der Waals surface area (Å²) in [6.07, 6.45) is 0. The molecule has 0 aliphatic rings. The lowest BCUT2D eigenvalue weighted by Crippen LogP contribution is -2.22. The third-order valence-corrected chi connectivity index (χ3v) is 4.42. The van der Waals surface area contributed by atoms with Gasteiger partial charge < -0.3 is 5.11 Å². The maximum absolute atomic E-state index is 12.2. The first kappa shape index (κ1) is 19.7. The van der Waals surface area contributed by atoms with Crippen molar-refractivity contribution < 1.29 is 9.90 Å². The second-order valence-electron chi connectivity index (χ2n) is 6.31. The van der Waals surface area contributed by atoms with Crippen molar-refractivity contribution in [1.82, 2.24) is 10.3 Å². The summed E-state index contributed by atoms with van der Waals surface area (Å²) in [7, 11) is 0. The number of aryl methyl sites for hydroxylation is 1. The van der Waals surface area contributed by atoms with E-state index >= 15 is 0 Å². The molecule has 0 radical (unpaired) electrons. The number of nitrogens with zero attached hydrogens (tertiary/aromatic N) is 2. The maximum Gasteiger partial charge on any atom is 0.271 e. The van der Waals surface area contributed by atoms with Crippen molar-refractivity contribution >= 4 is 11.6 Å². The number of hydrogen-bond donors (Lipinski definition) is 2. The summed E-state index contributed by atoms with van der Waals surface area (Å²) in [6.45, 7) is 10.5. The van der Waals surface area contributed by atoms with Gasteiger partial charge in [-0.3, -0.25) is 9.69 Å². The Balaban J connectivity index is 2.12. The summed E-state index contributed by atoms with van der Waals surface area (Å²) in [5, 5.41) is 14.3. The number of hydrogen-bond acceptors (Lipinski definition) is 4. The molecular formula is C21H27N3O2. The number of carbonyl (C=O) groups is 1. The lowest BCUT2D eigenvalue weighted by molar-refractivity contribution is 0.0955. The van der Waals surface area contributed by atoms with Crippen LogP contribution in [0.5, 0.6) is 5.75 Å². The van der Waals surface area contributed by atoms with Crippen molar-refractivity contribution in [2.45, 2.75) is 34.2 Å². The Morgan fingerprint density at radius 1 is 1.08 bits per heavy atom. The SMILES string of the molecule is CCN(CC)Cc1cc(/C(C)=N/NC(=O)c2ccc(C)cc2)ccc1O. The second kappa shape index (κ2) is 9.15. The van der Waals surface area contributed by atoms with Crippen LogP contribution in [0.25, 0.3) is 0 Å². The third kappa shape index (κ3) is 5.17. The molecule has 5 nitrogen and oxygen atoms in total. The van der Waals surface area contributed by atoms with Crippen LogP contribution in [0.15, 0.2) is 47.6 Å². The standard InChI is InChI=1S/C21H27N3O2/c1-5-24(6-2)14-19-13-18(11-12-20(19)25)16(4)22-23-21(26)17-9-7-15(3)8-10-17/h7-13,25H,5-6,14H2,1-4H3,(H,23,26)/b22-16+. The van der Waals surface area contributed by atoms with Gasteiger partial charge >= 0.3 is 0 Å². The molecule has 0 bridgehead atoms. The molecule has 0 unspecified atom stereocenters. The van der Waals surface area contributed by atoms with Gasteiger partial charge in [-0.2, -0.15) is 5.10 Å². The zero-order valence-electron chi connectivity index (χ0n) is 15.9. The van der Waals surface area contributed by atoms with Crippen LogP contribution in [0.2, 0.25) is 0 Å². The average molecular weight is 353 g/mol. The van der Waals surface area contributed by atoms with Gasteiger partial charge in [0.1, 0.15) is 5.75 Å². The van der Waals surface area contributed by atoms with E-state index in [2.05, 4.69) is 29.3 Å². The number of amides is 1. The number of phenols is 1. The van der Waals surface area contributed by atoms with Gasteiger partial charge in [0.15, 0.2) is 0 Å². The zero-order valence-corrected chi connectivity index (χ0v) is 15.9. The Morgan fingerprint density at radius 2 is 1.69 bits per heavy atom. The van der Waals surface area contributed by atoms with Crippen molar-refractivity contribution in [2.24, 2.45) is 5.10 Å². The molecule has 2 N–H and O–H groups in total. The molecule has 0 atom stereocenters. The topological polar surface area (TPSA) is 64.9 Å². The molecule has 26 heavy (non-hydrogen) atoms. The fourth-order valence-electron chi connectivity index (χ4n) is 2.59. The van der Waals surface area contributed by atoms with Gasteiger partial charge in [0, 0.05) is 17.7 Å². The molecule has 0 spiro atoms. The number of hydrazone groups is 1. The Kier molecular flexibility index (Phi) is 6.92. The van der Waals surface area contributed by atoms with E-state index < -0.39 is 0 Å². The van der Waals surface area contributed by atoms with Gasteiger partial charge in [-0.15, -0.1) is 0 Å². The quantitative estimate of drug-likeness (QED) is 0.589. The number of carbonyl (C=O) groups excluding carboxylic acids is 1. The van der Waals surface area contributed by atoms with Crippen LogP contribution >= 0.6 is 0 Å². The molecule has 0 saturated heterocycles. The van der Waals surface area contributed by atoms with Crippen LogP contribution in [0, 0.1) is 6.92 Å². The Morgan fingerprint density at radius 3 is 2.31 bits per heavy atom. The lowest BCUT2D eigenvalue weighted by Gasteiger charge is -2.19. The van der Waals surface area contributed by atoms with Crippen molar-refractivity contribution in [3.8, 4) is 5.75 Å². The fourth-order valence-corrected chi connectivity index (χ4v) is 2.59. The van der Waals surface area contributed by atoms with E-state index in [0.29, 0.717) is 17.8 Å². The van der Waals surface area contributed by atoms with Gasteiger partial charge in [-0.05, 0) is 62.8 Å². The summed E-state index contributed by atoms with van der Waals surface area (Å²) < 4.78 is 0. The molecule has 0 heterocycles. The van der Waals surface area contributed by atoms with Crippen LogP contribution in [0.4, 0.5) is 0 Å². The number of aromatic hydroxyl groups is 1. The largest absolute Gasteiger partial charge is 0.508 e. The number of benzene rings is 2. The maximum atomic E-state index is 12.2. The summed E-state index contributed by atoms with van der Waals surface area (Å²) in [5.74, 6) is 0.0311. The van der Waals surface area contributed by atoms with Crippen molar-refractivity contribution in [3.05, 3.63) is 64.7 Å². The highest BCUT2D eigenvalue weighted by Gasteiger charge is 2.09. The zero-order chi connectivity index (χ0) is 19.1. The number of rotatable bonds is 7. The van der Waals surface area contributed by atoms with Crippen LogP contribution in [0.3, 0.4) is 0 Å². The number of nitrogens with one attached hydrogen (secondary N) is 1. The van der Waals surface area contributed by atoms with E-state index in [-0.39, 0.29) is 11.7 Å². The van der Waals surface area contributed by atoms with Crippen molar-refractivity contribution in [3.63, 3.8) is 0 Å². The molecule has 2 aromatic carbocycles. The van der Waals surface area contributed by atoms with E-state index in [0.717, 1.165) is 29.8 Å². The Hall–Kier alpha value is -2.66. The molecule has 0 aromatic heterocycles. The summed E-state index contributed by atoms with van der Waals surface area (Å²) in [6, 6.07) is 12.7.